The third kappa shape index (κ3) is 2.40. The first-order chi connectivity index (χ1) is 7.65. The van der Waals surface area contributed by atoms with Crippen molar-refractivity contribution in [3.63, 3.8) is 0 Å². The summed E-state index contributed by atoms with van der Waals surface area (Å²) in [4.78, 5) is 12.0. The van der Waals surface area contributed by atoms with Crippen LogP contribution in [0.2, 0.25) is 0 Å². The normalized spacial score (nSPS) is 10.3. The predicted octanol–water partition coefficient (Wildman–Crippen LogP) is 1.79. The number of thiophene rings is 1. The lowest BCUT2D eigenvalue weighted by Gasteiger charge is -1.99. The van der Waals surface area contributed by atoms with Gasteiger partial charge in [0.2, 0.25) is 0 Å². The van der Waals surface area contributed by atoms with E-state index in [1.165, 1.54) is 11.3 Å². The number of aromatic carboxylic acids is 1. The van der Waals surface area contributed by atoms with Crippen LogP contribution in [0.1, 0.15) is 14.5 Å². The number of anilines is 1. The molecule has 2 aromatic rings. The molecule has 0 aliphatic rings. The van der Waals surface area contributed by atoms with Crippen LogP contribution in [-0.4, -0.2) is 20.9 Å². The molecule has 0 saturated heterocycles. The molecule has 16 heavy (non-hydrogen) atoms. The zero-order chi connectivity index (χ0) is 11.5. The van der Waals surface area contributed by atoms with Gasteiger partial charge < -0.3 is 10.4 Å². The van der Waals surface area contributed by atoms with E-state index in [1.807, 2.05) is 19.3 Å². The second-order valence-corrected chi connectivity index (χ2v) is 4.50. The van der Waals surface area contributed by atoms with E-state index in [-0.39, 0.29) is 0 Å². The molecule has 0 aliphatic carbocycles. The van der Waals surface area contributed by atoms with Crippen LogP contribution in [0.3, 0.4) is 0 Å². The number of carboxylic acids is 1. The highest BCUT2D eigenvalue weighted by Crippen LogP contribution is 2.17. The largest absolute Gasteiger partial charge is 0.477 e. The Hall–Kier alpha value is -1.82. The SMILES string of the molecule is Cn1cc(NCc2ccc(C(=O)O)s2)cn1. The minimum atomic E-state index is -0.877. The van der Waals surface area contributed by atoms with Crippen LogP contribution in [0, 0.1) is 0 Å². The summed E-state index contributed by atoms with van der Waals surface area (Å²) in [6.45, 7) is 0.615. The van der Waals surface area contributed by atoms with Gasteiger partial charge in [-0.15, -0.1) is 11.3 Å². The summed E-state index contributed by atoms with van der Waals surface area (Å²) in [6, 6.07) is 3.44. The lowest BCUT2D eigenvalue weighted by atomic mass is 10.4. The zero-order valence-corrected chi connectivity index (χ0v) is 9.49. The van der Waals surface area contributed by atoms with Gasteiger partial charge >= 0.3 is 5.97 Å². The molecule has 2 heterocycles. The number of hydrogen-bond acceptors (Lipinski definition) is 4. The molecule has 0 bridgehead atoms. The second kappa shape index (κ2) is 4.36. The fourth-order valence-electron chi connectivity index (χ4n) is 1.29. The molecule has 0 atom stereocenters. The van der Waals surface area contributed by atoms with Crippen molar-refractivity contribution in [2.24, 2.45) is 7.05 Å². The highest BCUT2D eigenvalue weighted by atomic mass is 32.1. The maximum absolute atomic E-state index is 10.7. The highest BCUT2D eigenvalue weighted by Gasteiger charge is 2.06. The van der Waals surface area contributed by atoms with Crippen molar-refractivity contribution in [1.29, 1.82) is 0 Å². The summed E-state index contributed by atoms with van der Waals surface area (Å²) in [5, 5.41) is 16.0. The van der Waals surface area contributed by atoms with Crippen molar-refractivity contribution in [3.05, 3.63) is 34.3 Å². The molecule has 2 rings (SSSR count). The van der Waals surface area contributed by atoms with Gasteiger partial charge in [-0.3, -0.25) is 4.68 Å². The standard InChI is InChI=1S/C10H11N3O2S/c1-13-6-7(4-12-13)11-5-8-2-3-9(16-8)10(14)15/h2-4,6,11H,5H2,1H3,(H,14,15). The maximum Gasteiger partial charge on any atom is 0.345 e. The fraction of sp³-hybridized carbons (Fsp3) is 0.200. The van der Waals surface area contributed by atoms with Crippen LogP contribution in [-0.2, 0) is 13.6 Å². The lowest BCUT2D eigenvalue weighted by molar-refractivity contribution is 0.0702. The number of carboxylic acid groups (broad SMARTS) is 1. The molecule has 0 fully saturated rings. The molecular formula is C10H11N3O2S. The van der Waals surface area contributed by atoms with Gasteiger partial charge in [0.15, 0.2) is 0 Å². The van der Waals surface area contributed by atoms with Crippen molar-refractivity contribution in [3.8, 4) is 0 Å². The monoisotopic (exact) mass is 237 g/mol. The summed E-state index contributed by atoms with van der Waals surface area (Å²) >= 11 is 1.28. The van der Waals surface area contributed by atoms with Crippen LogP contribution in [0.5, 0.6) is 0 Å². The Labute approximate surface area is 96.3 Å². The molecule has 0 radical (unpaired) electrons. The van der Waals surface area contributed by atoms with Gasteiger partial charge in [-0.2, -0.15) is 5.10 Å². The summed E-state index contributed by atoms with van der Waals surface area (Å²) in [7, 11) is 1.85. The van der Waals surface area contributed by atoms with E-state index in [9.17, 15) is 4.79 Å². The molecule has 5 nitrogen and oxygen atoms in total. The minimum absolute atomic E-state index is 0.364. The molecule has 0 spiro atoms. The average molecular weight is 237 g/mol. The second-order valence-electron chi connectivity index (χ2n) is 3.33. The molecule has 0 unspecified atom stereocenters. The molecule has 6 heteroatoms. The Bertz CT molecular complexity index is 504. The van der Waals surface area contributed by atoms with Crippen molar-refractivity contribution in [2.75, 3.05) is 5.32 Å². The predicted molar refractivity (Wildman–Crippen MR) is 61.8 cm³/mol. The number of aryl methyl sites for hydroxylation is 1. The average Bonchev–Trinajstić information content (AvgIpc) is 2.83. The number of aromatic nitrogens is 2. The lowest BCUT2D eigenvalue weighted by Crippen LogP contribution is -1.96. The van der Waals surface area contributed by atoms with Gasteiger partial charge in [-0.25, -0.2) is 4.79 Å². The van der Waals surface area contributed by atoms with Gasteiger partial charge in [0, 0.05) is 24.7 Å². The van der Waals surface area contributed by atoms with E-state index in [2.05, 4.69) is 10.4 Å². The van der Waals surface area contributed by atoms with Crippen LogP contribution >= 0.6 is 11.3 Å². The topological polar surface area (TPSA) is 67.2 Å². The Morgan fingerprint density at radius 1 is 1.62 bits per heavy atom. The Kier molecular flexibility index (Phi) is 2.91. The first kappa shape index (κ1) is 10.7. The Morgan fingerprint density at radius 3 is 3.00 bits per heavy atom. The zero-order valence-electron chi connectivity index (χ0n) is 8.67. The maximum atomic E-state index is 10.7. The fourth-order valence-corrected chi connectivity index (χ4v) is 2.08. The van der Waals surface area contributed by atoms with E-state index < -0.39 is 5.97 Å². The van der Waals surface area contributed by atoms with Gasteiger partial charge in [-0.05, 0) is 12.1 Å². The number of rotatable bonds is 4. The van der Waals surface area contributed by atoms with E-state index in [4.69, 9.17) is 5.11 Å². The van der Waals surface area contributed by atoms with Crippen molar-refractivity contribution >= 4 is 23.0 Å². The first-order valence-electron chi connectivity index (χ1n) is 4.69. The van der Waals surface area contributed by atoms with Gasteiger partial charge in [-0.1, -0.05) is 0 Å². The van der Waals surface area contributed by atoms with E-state index in [0.717, 1.165) is 10.6 Å². The van der Waals surface area contributed by atoms with Crippen molar-refractivity contribution in [1.82, 2.24) is 9.78 Å². The molecule has 2 N–H and O–H groups in total. The minimum Gasteiger partial charge on any atom is -0.477 e. The van der Waals surface area contributed by atoms with Crippen molar-refractivity contribution < 1.29 is 9.90 Å². The van der Waals surface area contributed by atoms with E-state index >= 15 is 0 Å². The summed E-state index contributed by atoms with van der Waals surface area (Å²) in [5.74, 6) is -0.877. The Balaban J connectivity index is 1.97. The Morgan fingerprint density at radius 2 is 2.44 bits per heavy atom. The van der Waals surface area contributed by atoms with E-state index in [1.54, 1.807) is 16.9 Å². The molecule has 0 aliphatic heterocycles. The van der Waals surface area contributed by atoms with Gasteiger partial charge in [0.1, 0.15) is 4.88 Å². The van der Waals surface area contributed by atoms with Crippen molar-refractivity contribution in [2.45, 2.75) is 6.54 Å². The number of nitrogens with one attached hydrogen (secondary N) is 1. The van der Waals surface area contributed by atoms with E-state index in [0.29, 0.717) is 11.4 Å². The highest BCUT2D eigenvalue weighted by molar-refractivity contribution is 7.13. The third-order valence-electron chi connectivity index (χ3n) is 2.04. The molecule has 84 valence electrons. The van der Waals surface area contributed by atoms with Crippen LogP contribution in [0.25, 0.3) is 0 Å². The smallest absolute Gasteiger partial charge is 0.345 e. The van der Waals surface area contributed by atoms with Crippen LogP contribution in [0.15, 0.2) is 24.5 Å². The van der Waals surface area contributed by atoms with Gasteiger partial charge in [0.25, 0.3) is 0 Å². The first-order valence-corrected chi connectivity index (χ1v) is 5.51. The molecule has 0 saturated carbocycles. The van der Waals surface area contributed by atoms with Crippen LogP contribution < -0.4 is 5.32 Å². The van der Waals surface area contributed by atoms with Crippen LogP contribution in [0.4, 0.5) is 5.69 Å². The summed E-state index contributed by atoms with van der Waals surface area (Å²) in [6.07, 6.45) is 3.59. The third-order valence-corrected chi connectivity index (χ3v) is 3.12. The summed E-state index contributed by atoms with van der Waals surface area (Å²) in [5.41, 5.74) is 0.924. The summed E-state index contributed by atoms with van der Waals surface area (Å²) < 4.78 is 1.71. The quantitative estimate of drug-likeness (QED) is 0.850. The molecule has 0 amide bonds. The van der Waals surface area contributed by atoms with Gasteiger partial charge in [0.05, 0.1) is 11.9 Å². The molecular weight excluding hydrogens is 226 g/mol. The number of nitrogens with zero attached hydrogens (tertiary/aromatic N) is 2. The molecule has 2 aromatic heterocycles. The number of hydrogen-bond donors (Lipinski definition) is 2. The number of carbonyl (C=O) groups is 1. The molecule has 0 aromatic carbocycles.